The van der Waals surface area contributed by atoms with Crippen molar-refractivity contribution in [2.75, 3.05) is 20.0 Å². The Bertz CT molecular complexity index is 1350. The molecule has 9 heteroatoms. The zero-order valence-electron chi connectivity index (χ0n) is 18.4. The van der Waals surface area contributed by atoms with Crippen molar-refractivity contribution in [2.24, 2.45) is 0 Å². The second-order valence-electron chi connectivity index (χ2n) is 7.26. The normalized spacial score (nSPS) is 10.7. The Labute approximate surface area is 206 Å². The lowest BCUT2D eigenvalue weighted by Gasteiger charge is -2.14. The Morgan fingerprint density at radius 3 is 2.41 bits per heavy atom. The summed E-state index contributed by atoms with van der Waals surface area (Å²) >= 11 is 12.1. The summed E-state index contributed by atoms with van der Waals surface area (Å²) in [6, 6.07) is 15.6. The van der Waals surface area contributed by atoms with Gasteiger partial charge in [0.1, 0.15) is 18.1 Å². The van der Waals surface area contributed by atoms with Crippen LogP contribution >= 0.6 is 23.2 Å². The molecule has 34 heavy (non-hydrogen) atoms. The zero-order valence-corrected chi connectivity index (χ0v) is 19.9. The van der Waals surface area contributed by atoms with E-state index >= 15 is 0 Å². The van der Waals surface area contributed by atoms with E-state index in [0.717, 1.165) is 11.1 Å². The van der Waals surface area contributed by atoms with E-state index in [0.29, 0.717) is 44.1 Å². The SMILES string of the molecule is COc1ccc(-c2cnc(N)nc2-c2ccc(OCc3ccc(Cl)cc3Cl)cc2O)cc1OC. The van der Waals surface area contributed by atoms with Gasteiger partial charge in [0.15, 0.2) is 11.5 Å². The minimum atomic E-state index is -0.0282. The van der Waals surface area contributed by atoms with E-state index in [4.69, 9.17) is 43.1 Å². The van der Waals surface area contributed by atoms with Gasteiger partial charge >= 0.3 is 0 Å². The average molecular weight is 498 g/mol. The second-order valence-corrected chi connectivity index (χ2v) is 8.11. The number of methoxy groups -OCH3 is 2. The Morgan fingerprint density at radius 1 is 0.912 bits per heavy atom. The van der Waals surface area contributed by atoms with E-state index in [-0.39, 0.29) is 18.3 Å². The summed E-state index contributed by atoms with van der Waals surface area (Å²) < 4.78 is 16.5. The summed E-state index contributed by atoms with van der Waals surface area (Å²) in [6.45, 7) is 0.214. The van der Waals surface area contributed by atoms with Gasteiger partial charge in [-0.1, -0.05) is 35.3 Å². The average Bonchev–Trinajstić information content (AvgIpc) is 2.83. The van der Waals surface area contributed by atoms with Crippen molar-refractivity contribution in [1.29, 1.82) is 0 Å². The van der Waals surface area contributed by atoms with Crippen LogP contribution < -0.4 is 19.9 Å². The van der Waals surface area contributed by atoms with Gasteiger partial charge in [0.05, 0.1) is 19.9 Å². The molecular weight excluding hydrogens is 477 g/mol. The second kappa shape index (κ2) is 10.1. The molecular formula is C25H21Cl2N3O4. The van der Waals surface area contributed by atoms with Crippen molar-refractivity contribution in [3.63, 3.8) is 0 Å². The maximum atomic E-state index is 10.8. The van der Waals surface area contributed by atoms with E-state index in [9.17, 15) is 5.11 Å². The van der Waals surface area contributed by atoms with Gasteiger partial charge in [-0.3, -0.25) is 0 Å². The molecule has 0 bridgehead atoms. The first-order valence-electron chi connectivity index (χ1n) is 10.1. The van der Waals surface area contributed by atoms with Crippen LogP contribution in [0.1, 0.15) is 5.56 Å². The number of anilines is 1. The quantitative estimate of drug-likeness (QED) is 0.322. The number of hydrogen-bond donors (Lipinski definition) is 2. The number of phenols is 1. The molecule has 0 radical (unpaired) electrons. The van der Waals surface area contributed by atoms with Crippen LogP contribution in [-0.4, -0.2) is 29.3 Å². The molecule has 0 fully saturated rings. The number of benzene rings is 3. The standard InChI is InChI=1S/C25H21Cl2N3O4/c1-32-22-8-4-14(9-23(22)33-2)19-12-29-25(28)30-24(19)18-7-6-17(11-21(18)31)34-13-15-3-5-16(26)10-20(15)27/h3-12,31H,13H2,1-2H3,(H2,28,29,30). The predicted octanol–water partition coefficient (Wildman–Crippen LogP) is 6.00. The van der Waals surface area contributed by atoms with Crippen LogP contribution in [0.15, 0.2) is 60.8 Å². The summed E-state index contributed by atoms with van der Waals surface area (Å²) in [5.74, 6) is 1.66. The monoisotopic (exact) mass is 497 g/mol. The van der Waals surface area contributed by atoms with E-state index < -0.39 is 0 Å². The highest BCUT2D eigenvalue weighted by atomic mass is 35.5. The maximum Gasteiger partial charge on any atom is 0.220 e. The number of phenolic OH excluding ortho intramolecular Hbond substituents is 1. The number of ether oxygens (including phenoxy) is 3. The highest BCUT2D eigenvalue weighted by molar-refractivity contribution is 6.35. The molecule has 1 heterocycles. The maximum absolute atomic E-state index is 10.8. The summed E-state index contributed by atoms with van der Waals surface area (Å²) in [5, 5.41) is 11.9. The number of nitrogens with two attached hydrogens (primary N) is 1. The molecule has 174 valence electrons. The van der Waals surface area contributed by atoms with Crippen molar-refractivity contribution in [2.45, 2.75) is 6.61 Å². The van der Waals surface area contributed by atoms with Crippen LogP contribution in [0.3, 0.4) is 0 Å². The largest absolute Gasteiger partial charge is 0.507 e. The van der Waals surface area contributed by atoms with Crippen LogP contribution in [-0.2, 0) is 6.61 Å². The molecule has 3 aromatic carbocycles. The van der Waals surface area contributed by atoms with Gasteiger partial charge in [-0.25, -0.2) is 9.97 Å². The van der Waals surface area contributed by atoms with Crippen LogP contribution in [0.2, 0.25) is 10.0 Å². The molecule has 4 aromatic rings. The molecule has 0 saturated heterocycles. The Morgan fingerprint density at radius 2 is 1.71 bits per heavy atom. The molecule has 0 aliphatic rings. The van der Waals surface area contributed by atoms with E-state index in [1.807, 2.05) is 12.1 Å². The molecule has 0 aliphatic carbocycles. The summed E-state index contributed by atoms with van der Waals surface area (Å²) in [4.78, 5) is 8.52. The third-order valence-electron chi connectivity index (χ3n) is 5.14. The lowest BCUT2D eigenvalue weighted by Crippen LogP contribution is -2.00. The van der Waals surface area contributed by atoms with Crippen molar-refractivity contribution in [1.82, 2.24) is 9.97 Å². The first-order chi connectivity index (χ1) is 16.4. The highest BCUT2D eigenvalue weighted by Crippen LogP contribution is 2.40. The summed E-state index contributed by atoms with van der Waals surface area (Å²) in [7, 11) is 3.13. The van der Waals surface area contributed by atoms with Gasteiger partial charge in [0, 0.05) is 39.0 Å². The molecule has 0 amide bonds. The third kappa shape index (κ3) is 4.95. The summed E-state index contributed by atoms with van der Waals surface area (Å²) in [5.41, 5.74) is 9.00. The number of nitrogens with zero attached hydrogens (tertiary/aromatic N) is 2. The van der Waals surface area contributed by atoms with Gasteiger partial charge in [-0.15, -0.1) is 0 Å². The molecule has 7 nitrogen and oxygen atoms in total. The Hall–Kier alpha value is -3.68. The van der Waals surface area contributed by atoms with Crippen LogP contribution in [0.5, 0.6) is 23.0 Å². The highest BCUT2D eigenvalue weighted by Gasteiger charge is 2.17. The number of aromatic hydroxyl groups is 1. The van der Waals surface area contributed by atoms with Crippen LogP contribution in [0, 0.1) is 0 Å². The minimum absolute atomic E-state index is 0.0282. The lowest BCUT2D eigenvalue weighted by atomic mass is 9.99. The zero-order chi connectivity index (χ0) is 24.2. The number of nitrogen functional groups attached to an aromatic ring is 1. The van der Waals surface area contributed by atoms with Gasteiger partial charge < -0.3 is 25.1 Å². The number of aromatic nitrogens is 2. The number of hydrogen-bond acceptors (Lipinski definition) is 7. The smallest absolute Gasteiger partial charge is 0.220 e. The molecule has 4 rings (SSSR count). The molecule has 0 unspecified atom stereocenters. The van der Waals surface area contributed by atoms with Crippen molar-refractivity contribution in [3.8, 4) is 45.4 Å². The Kier molecular flexibility index (Phi) is 6.95. The topological polar surface area (TPSA) is 99.7 Å². The van der Waals surface area contributed by atoms with Crippen molar-refractivity contribution < 1.29 is 19.3 Å². The van der Waals surface area contributed by atoms with Gasteiger partial charge in [-0.2, -0.15) is 0 Å². The fourth-order valence-corrected chi connectivity index (χ4v) is 3.88. The van der Waals surface area contributed by atoms with Crippen LogP contribution in [0.4, 0.5) is 5.95 Å². The van der Waals surface area contributed by atoms with Crippen molar-refractivity contribution in [3.05, 3.63) is 76.4 Å². The molecule has 0 atom stereocenters. The van der Waals surface area contributed by atoms with Gasteiger partial charge in [0.2, 0.25) is 5.95 Å². The number of rotatable bonds is 7. The van der Waals surface area contributed by atoms with E-state index in [1.54, 1.807) is 56.8 Å². The minimum Gasteiger partial charge on any atom is -0.507 e. The molecule has 0 saturated carbocycles. The van der Waals surface area contributed by atoms with Crippen molar-refractivity contribution >= 4 is 29.2 Å². The predicted molar refractivity (Wildman–Crippen MR) is 133 cm³/mol. The van der Waals surface area contributed by atoms with E-state index in [2.05, 4.69) is 9.97 Å². The van der Waals surface area contributed by atoms with Gasteiger partial charge in [0.25, 0.3) is 0 Å². The first-order valence-corrected chi connectivity index (χ1v) is 10.9. The third-order valence-corrected chi connectivity index (χ3v) is 5.72. The Balaban J connectivity index is 1.66. The van der Waals surface area contributed by atoms with E-state index in [1.165, 1.54) is 6.07 Å². The first kappa shape index (κ1) is 23.5. The molecule has 3 N–H and O–H groups in total. The number of halogens is 2. The molecule has 0 aliphatic heterocycles. The fraction of sp³-hybridized carbons (Fsp3) is 0.120. The van der Waals surface area contributed by atoms with Gasteiger partial charge in [-0.05, 0) is 42.0 Å². The molecule has 0 spiro atoms. The molecule has 1 aromatic heterocycles. The lowest BCUT2D eigenvalue weighted by molar-refractivity contribution is 0.304. The van der Waals surface area contributed by atoms with Crippen LogP contribution in [0.25, 0.3) is 22.4 Å². The summed E-state index contributed by atoms with van der Waals surface area (Å²) in [6.07, 6.45) is 1.60. The fourth-order valence-electron chi connectivity index (χ4n) is 3.42.